The van der Waals surface area contributed by atoms with Gasteiger partial charge < -0.3 is 4.52 Å². The fraction of sp³-hybridized carbons (Fsp3) is 0.368. The Bertz CT molecular complexity index is 1160. The van der Waals surface area contributed by atoms with Crippen molar-refractivity contribution in [2.45, 2.75) is 45.7 Å². The monoisotopic (exact) mass is 404 g/mol. The van der Waals surface area contributed by atoms with E-state index in [-0.39, 0.29) is 23.0 Å². The summed E-state index contributed by atoms with van der Waals surface area (Å²) in [5, 5.41) is 4.10. The first kappa shape index (κ1) is 18.6. The number of aromatic nitrogens is 4. The summed E-state index contributed by atoms with van der Waals surface area (Å²) in [6.45, 7) is 2.32. The zero-order chi connectivity index (χ0) is 19.8. The third-order valence-electron chi connectivity index (χ3n) is 4.92. The lowest BCUT2D eigenvalue weighted by molar-refractivity contribution is 0.382. The van der Waals surface area contributed by atoms with Crippen molar-refractivity contribution in [1.82, 2.24) is 19.3 Å². The Morgan fingerprint density at radius 2 is 2.11 bits per heavy atom. The van der Waals surface area contributed by atoms with Gasteiger partial charge in [0.15, 0.2) is 0 Å². The second kappa shape index (κ2) is 7.35. The van der Waals surface area contributed by atoms with Crippen LogP contribution in [0.15, 0.2) is 32.3 Å². The minimum atomic E-state index is -0.498. The molecule has 9 heteroatoms. The number of halogens is 2. The molecule has 0 aliphatic carbocycles. The first-order valence-electron chi connectivity index (χ1n) is 9.13. The van der Waals surface area contributed by atoms with E-state index in [0.717, 1.165) is 23.5 Å². The quantitative estimate of drug-likeness (QED) is 0.667. The molecule has 0 spiro atoms. The van der Waals surface area contributed by atoms with Crippen molar-refractivity contribution in [3.63, 3.8) is 0 Å². The summed E-state index contributed by atoms with van der Waals surface area (Å²) in [6.07, 6.45) is 2.85. The van der Waals surface area contributed by atoms with Gasteiger partial charge in [0, 0.05) is 23.7 Å². The molecular formula is C19H18ClFN4O3. The molecule has 3 heterocycles. The number of fused-ring (bicyclic) bond motifs is 1. The van der Waals surface area contributed by atoms with E-state index in [1.54, 1.807) is 4.57 Å². The van der Waals surface area contributed by atoms with Crippen LogP contribution in [0.2, 0.25) is 5.02 Å². The molecule has 0 saturated heterocycles. The highest BCUT2D eigenvalue weighted by Gasteiger charge is 2.25. The van der Waals surface area contributed by atoms with E-state index in [1.165, 1.54) is 12.1 Å². The van der Waals surface area contributed by atoms with Gasteiger partial charge in [-0.3, -0.25) is 13.9 Å². The fourth-order valence-electron chi connectivity index (χ4n) is 3.48. The molecule has 0 amide bonds. The summed E-state index contributed by atoms with van der Waals surface area (Å²) in [5.74, 6) is 0.123. The molecule has 1 aliphatic heterocycles. The maximum atomic E-state index is 13.3. The Kier molecular flexibility index (Phi) is 4.89. The van der Waals surface area contributed by atoms with E-state index in [1.807, 2.05) is 6.92 Å². The van der Waals surface area contributed by atoms with Crippen LogP contribution in [0.3, 0.4) is 0 Å². The van der Waals surface area contributed by atoms with Crippen molar-refractivity contribution < 1.29 is 8.91 Å². The highest BCUT2D eigenvalue weighted by atomic mass is 35.5. The molecule has 3 aromatic rings. The molecule has 0 radical (unpaired) electrons. The van der Waals surface area contributed by atoms with Crippen LogP contribution in [-0.2, 0) is 25.9 Å². The van der Waals surface area contributed by atoms with E-state index < -0.39 is 17.1 Å². The maximum Gasteiger partial charge on any atom is 0.331 e. The van der Waals surface area contributed by atoms with Crippen LogP contribution in [-0.4, -0.2) is 19.3 Å². The Labute approximate surface area is 164 Å². The number of benzene rings is 1. The zero-order valence-electron chi connectivity index (χ0n) is 15.2. The fourth-order valence-corrected chi connectivity index (χ4v) is 3.71. The number of aryl methyl sites for hydroxylation is 1. The minimum absolute atomic E-state index is 0.0669. The van der Waals surface area contributed by atoms with Crippen molar-refractivity contribution >= 4 is 11.6 Å². The molecule has 146 valence electrons. The zero-order valence-corrected chi connectivity index (χ0v) is 16.0. The molecule has 1 aliphatic rings. The minimum Gasteiger partial charge on any atom is -0.339 e. The number of hydrogen-bond donors (Lipinski definition) is 0. The van der Waals surface area contributed by atoms with E-state index in [2.05, 4.69) is 10.1 Å². The molecule has 0 atom stereocenters. The first-order valence-corrected chi connectivity index (χ1v) is 9.50. The first-order chi connectivity index (χ1) is 13.5. The second-order valence-electron chi connectivity index (χ2n) is 6.71. The van der Waals surface area contributed by atoms with Crippen LogP contribution >= 0.6 is 11.6 Å². The average molecular weight is 405 g/mol. The van der Waals surface area contributed by atoms with E-state index in [9.17, 15) is 14.0 Å². The van der Waals surface area contributed by atoms with Gasteiger partial charge in [0.25, 0.3) is 5.56 Å². The highest BCUT2D eigenvalue weighted by molar-refractivity contribution is 6.31. The molecule has 4 rings (SSSR count). The molecule has 7 nitrogen and oxygen atoms in total. The van der Waals surface area contributed by atoms with Crippen LogP contribution < -0.4 is 11.2 Å². The number of hydrogen-bond acceptors (Lipinski definition) is 5. The molecule has 2 aromatic heterocycles. The standard InChI is InChI=1S/C19H18ClFN4O3/c1-2-15-22-17(23-28-15)16-14-5-3-4-8-24(14)19(27)25(18(16)26)10-11-6-7-12(21)9-13(11)20/h6-7,9H,2-5,8,10H2,1H3. The summed E-state index contributed by atoms with van der Waals surface area (Å²) < 4.78 is 21.2. The summed E-state index contributed by atoms with van der Waals surface area (Å²) in [7, 11) is 0. The van der Waals surface area contributed by atoms with E-state index in [4.69, 9.17) is 16.1 Å². The van der Waals surface area contributed by atoms with Crippen molar-refractivity contribution in [2.75, 3.05) is 0 Å². The van der Waals surface area contributed by atoms with Gasteiger partial charge in [0.1, 0.15) is 11.4 Å². The summed E-state index contributed by atoms with van der Waals surface area (Å²) >= 11 is 6.10. The lowest BCUT2D eigenvalue weighted by Gasteiger charge is -2.22. The van der Waals surface area contributed by atoms with Gasteiger partial charge in [-0.1, -0.05) is 29.7 Å². The van der Waals surface area contributed by atoms with Gasteiger partial charge in [0.05, 0.1) is 6.54 Å². The highest BCUT2D eigenvalue weighted by Crippen LogP contribution is 2.23. The van der Waals surface area contributed by atoms with Gasteiger partial charge in [-0.05, 0) is 37.0 Å². The third kappa shape index (κ3) is 3.17. The summed E-state index contributed by atoms with van der Waals surface area (Å²) in [4.78, 5) is 30.6. The van der Waals surface area contributed by atoms with Crippen LogP contribution in [0.4, 0.5) is 4.39 Å². The lowest BCUT2D eigenvalue weighted by Crippen LogP contribution is -2.44. The largest absolute Gasteiger partial charge is 0.339 e. The Morgan fingerprint density at radius 3 is 2.82 bits per heavy atom. The molecule has 1 aromatic carbocycles. The number of rotatable bonds is 4. The van der Waals surface area contributed by atoms with Crippen LogP contribution in [0.25, 0.3) is 11.4 Å². The molecule has 0 unspecified atom stereocenters. The van der Waals surface area contributed by atoms with Crippen LogP contribution in [0, 0.1) is 5.82 Å². The summed E-state index contributed by atoms with van der Waals surface area (Å²) in [6, 6.07) is 3.87. The van der Waals surface area contributed by atoms with Crippen molar-refractivity contribution in [3.05, 3.63) is 67.0 Å². The predicted molar refractivity (Wildman–Crippen MR) is 101 cm³/mol. The number of nitrogens with zero attached hydrogens (tertiary/aromatic N) is 4. The molecule has 0 fully saturated rings. The second-order valence-corrected chi connectivity index (χ2v) is 7.11. The van der Waals surface area contributed by atoms with Crippen LogP contribution in [0.5, 0.6) is 0 Å². The smallest absolute Gasteiger partial charge is 0.331 e. The Hall–Kier alpha value is -2.74. The normalized spacial score (nSPS) is 13.5. The topological polar surface area (TPSA) is 82.9 Å². The van der Waals surface area contributed by atoms with E-state index in [0.29, 0.717) is 36.5 Å². The Balaban J connectivity index is 1.93. The maximum absolute atomic E-state index is 13.3. The molecule has 0 N–H and O–H groups in total. The van der Waals surface area contributed by atoms with Gasteiger partial charge in [0.2, 0.25) is 11.7 Å². The van der Waals surface area contributed by atoms with Gasteiger partial charge in [-0.25, -0.2) is 9.18 Å². The molecule has 0 bridgehead atoms. The molecular weight excluding hydrogens is 387 g/mol. The molecule has 28 heavy (non-hydrogen) atoms. The molecule has 0 saturated carbocycles. The van der Waals surface area contributed by atoms with Gasteiger partial charge in [-0.15, -0.1) is 0 Å². The average Bonchev–Trinajstić information content (AvgIpc) is 3.15. The van der Waals surface area contributed by atoms with E-state index >= 15 is 0 Å². The summed E-state index contributed by atoms with van der Waals surface area (Å²) in [5.41, 5.74) is 0.476. The van der Waals surface area contributed by atoms with Crippen LogP contribution in [0.1, 0.15) is 36.9 Å². The SMILES string of the molecule is CCc1nc(-c2c3n(c(=O)n(Cc4ccc(F)cc4Cl)c2=O)CCCC3)no1. The van der Waals surface area contributed by atoms with Crippen molar-refractivity contribution in [3.8, 4) is 11.4 Å². The van der Waals surface area contributed by atoms with Gasteiger partial charge >= 0.3 is 5.69 Å². The van der Waals surface area contributed by atoms with Crippen molar-refractivity contribution in [2.24, 2.45) is 0 Å². The third-order valence-corrected chi connectivity index (χ3v) is 5.27. The van der Waals surface area contributed by atoms with Crippen molar-refractivity contribution in [1.29, 1.82) is 0 Å². The van der Waals surface area contributed by atoms with Gasteiger partial charge in [-0.2, -0.15) is 4.98 Å². The Morgan fingerprint density at radius 1 is 1.29 bits per heavy atom. The predicted octanol–water partition coefficient (Wildman–Crippen LogP) is 2.80. The lowest BCUT2D eigenvalue weighted by atomic mass is 10.0.